The van der Waals surface area contributed by atoms with Crippen LogP contribution in [0, 0.1) is 0 Å². The van der Waals surface area contributed by atoms with E-state index < -0.39 is 40.2 Å². The molecular weight excluding hydrogens is 396 g/mol. The molecule has 22 heavy (non-hydrogen) atoms. The maximum absolute atomic E-state index is 12.6. The van der Waals surface area contributed by atoms with Gasteiger partial charge in [-0.25, -0.2) is 0 Å². The third-order valence-corrected chi connectivity index (χ3v) is 8.51. The number of rotatable bonds is 2. The van der Waals surface area contributed by atoms with Crippen molar-refractivity contribution in [2.45, 2.75) is 15.0 Å². The maximum atomic E-state index is 12.6. The summed E-state index contributed by atoms with van der Waals surface area (Å²) in [7, 11) is 0. The molecule has 0 aliphatic carbocycles. The van der Waals surface area contributed by atoms with E-state index in [0.29, 0.717) is 0 Å². The van der Waals surface area contributed by atoms with Gasteiger partial charge < -0.3 is 0 Å². The first-order chi connectivity index (χ1) is 9.74. The van der Waals surface area contributed by atoms with E-state index in [1.807, 2.05) is 0 Å². The van der Waals surface area contributed by atoms with Crippen LogP contribution in [0.5, 0.6) is 0 Å². The van der Waals surface area contributed by atoms with Gasteiger partial charge in [-0.3, -0.25) is 0 Å². The third-order valence-electron chi connectivity index (χ3n) is 2.45. The monoisotopic (exact) mass is 402 g/mol. The summed E-state index contributed by atoms with van der Waals surface area (Å²) in [5.74, 6) is -2.33. The Balaban J connectivity index is 3.43. The molecule has 0 heterocycles. The van der Waals surface area contributed by atoms with Gasteiger partial charge in [0.05, 0.1) is 0 Å². The molecule has 0 radical (unpaired) electrons. The second-order valence-corrected chi connectivity index (χ2v) is 10.8. The number of carbonyl (C=O) groups excluding carboxylic acids is 1. The predicted molar refractivity (Wildman–Crippen MR) is 55.8 cm³/mol. The summed E-state index contributed by atoms with van der Waals surface area (Å²) in [6.07, 6.45) is 0. The molecule has 0 aliphatic rings. The Hall–Kier alpha value is -1.40. The Morgan fingerprint density at radius 2 is 1.14 bits per heavy atom. The van der Waals surface area contributed by atoms with Gasteiger partial charge in [0.25, 0.3) is 0 Å². The molecule has 0 fully saturated rings. The Bertz CT molecular complexity index is 496. The summed E-state index contributed by atoms with van der Waals surface area (Å²) in [5.41, 5.74) is -0.852. The summed E-state index contributed by atoms with van der Waals surface area (Å²) in [5, 5.41) is -20.3. The summed E-state index contributed by atoms with van der Waals surface area (Å²) in [6, 6.07) is 4.81. The third kappa shape index (κ3) is 3.18. The molecule has 2 nitrogen and oxygen atoms in total. The van der Waals surface area contributed by atoms with Crippen LogP contribution in [0.25, 0.3) is 0 Å². The van der Waals surface area contributed by atoms with Crippen molar-refractivity contribution in [2.24, 2.45) is 0 Å². The van der Waals surface area contributed by atoms with Crippen LogP contribution in [0.15, 0.2) is 30.3 Å². The molecule has 0 spiro atoms. The van der Waals surface area contributed by atoms with Crippen molar-refractivity contribution in [3.05, 3.63) is 35.9 Å². The molecule has 1 aromatic rings. The normalized spacial score (nSPS) is 13.9. The summed E-state index contributed by atoms with van der Waals surface area (Å²) >= 11 is -9.16. The van der Waals surface area contributed by atoms with E-state index in [1.54, 1.807) is 0 Å². The van der Waals surface area contributed by atoms with Crippen LogP contribution >= 0.6 is 0 Å². The minimum absolute atomic E-state index is 0.735. The summed E-state index contributed by atoms with van der Waals surface area (Å²) < 4.78 is 117. The zero-order valence-electron chi connectivity index (χ0n) is 10.1. The van der Waals surface area contributed by atoms with Crippen molar-refractivity contribution in [1.29, 1.82) is 0 Å². The molecule has 1 rings (SSSR count). The van der Waals surface area contributed by atoms with Crippen LogP contribution in [0.3, 0.4) is 0 Å². The molecule has 124 valence electrons. The fourth-order valence-electron chi connectivity index (χ4n) is 1.43. The number of hydrogen-bond acceptors (Lipinski definition) is 2. The Morgan fingerprint density at radius 1 is 0.773 bits per heavy atom. The van der Waals surface area contributed by atoms with Crippen LogP contribution in [0.4, 0.5) is 39.5 Å². The second kappa shape index (κ2) is 5.67. The second-order valence-electron chi connectivity index (χ2n) is 3.93. The van der Waals surface area contributed by atoms with E-state index in [-0.39, 0.29) is 0 Å². The first-order valence-corrected chi connectivity index (χ1v) is 9.23. The van der Waals surface area contributed by atoms with E-state index in [1.165, 1.54) is 6.07 Å². The van der Waals surface area contributed by atoms with Gasteiger partial charge in [0.15, 0.2) is 0 Å². The minimum atomic E-state index is -9.16. The molecule has 12 heteroatoms. The van der Waals surface area contributed by atoms with Crippen molar-refractivity contribution in [3.63, 3.8) is 0 Å². The number of alkyl halides is 9. The zero-order valence-corrected chi connectivity index (χ0v) is 12.2. The molecular formula is C10H5F9GeO2. The average Bonchev–Trinajstić information content (AvgIpc) is 2.32. The topological polar surface area (TPSA) is 26.3 Å². The van der Waals surface area contributed by atoms with Crippen LogP contribution in [0.1, 0.15) is 10.4 Å². The predicted octanol–water partition coefficient (Wildman–Crippen LogP) is 4.09. The van der Waals surface area contributed by atoms with Crippen molar-refractivity contribution in [3.8, 4) is 0 Å². The van der Waals surface area contributed by atoms with Crippen LogP contribution in [-0.2, 0) is 3.76 Å². The van der Waals surface area contributed by atoms with E-state index >= 15 is 0 Å². The molecule has 0 bridgehead atoms. The fourth-order valence-corrected chi connectivity index (χ4v) is 5.01. The number of halogens is 9. The van der Waals surface area contributed by atoms with Crippen LogP contribution in [-0.4, -0.2) is 34.6 Å². The molecule has 1 aromatic carbocycles. The fraction of sp³-hybridized carbons (Fsp3) is 0.300. The summed E-state index contributed by atoms with van der Waals surface area (Å²) in [6.45, 7) is 0. The van der Waals surface area contributed by atoms with E-state index in [0.717, 1.165) is 24.3 Å². The van der Waals surface area contributed by atoms with Crippen LogP contribution in [0.2, 0.25) is 0 Å². The van der Waals surface area contributed by atoms with Crippen molar-refractivity contribution in [1.82, 2.24) is 0 Å². The van der Waals surface area contributed by atoms with Crippen molar-refractivity contribution in [2.75, 3.05) is 0 Å². The van der Waals surface area contributed by atoms with E-state index in [9.17, 15) is 44.3 Å². The van der Waals surface area contributed by atoms with Crippen molar-refractivity contribution < 1.29 is 48.1 Å². The molecule has 0 aromatic heterocycles. The van der Waals surface area contributed by atoms with Gasteiger partial charge in [-0.2, -0.15) is 0 Å². The van der Waals surface area contributed by atoms with Gasteiger partial charge in [-0.05, 0) is 0 Å². The van der Waals surface area contributed by atoms with Gasteiger partial charge in [0, 0.05) is 0 Å². The van der Waals surface area contributed by atoms with Gasteiger partial charge >= 0.3 is 119 Å². The van der Waals surface area contributed by atoms with E-state index in [4.69, 9.17) is 0 Å². The molecule has 0 saturated heterocycles. The SMILES string of the molecule is O=C([O][Ge]([C](F)(F)F)([C](F)(F)F)[C](F)(F)F)c1ccccc1. The standard InChI is InChI=1S/C10H5F9GeO2/c11-8(12,13)20(9(14,15)16,10(17,18)19)22-7(21)6-4-2-1-3-5-6/h1-5H. The summed E-state index contributed by atoms with van der Waals surface area (Å²) in [4.78, 5) is 11.3. The van der Waals surface area contributed by atoms with Gasteiger partial charge in [0.2, 0.25) is 0 Å². The molecule has 0 amide bonds. The number of hydrogen-bond donors (Lipinski definition) is 0. The van der Waals surface area contributed by atoms with Crippen LogP contribution < -0.4 is 0 Å². The quantitative estimate of drug-likeness (QED) is 0.552. The Labute approximate surface area is 119 Å². The molecule has 0 unspecified atom stereocenters. The Morgan fingerprint density at radius 3 is 1.45 bits per heavy atom. The molecule has 0 atom stereocenters. The van der Waals surface area contributed by atoms with Gasteiger partial charge in [-0.1, -0.05) is 0 Å². The molecule has 0 N–H and O–H groups in total. The van der Waals surface area contributed by atoms with Gasteiger partial charge in [0.1, 0.15) is 0 Å². The first-order valence-electron chi connectivity index (χ1n) is 5.22. The average molecular weight is 401 g/mol. The zero-order chi connectivity index (χ0) is 17.4. The molecule has 0 aliphatic heterocycles. The Kier molecular flexibility index (Phi) is 4.80. The first kappa shape index (κ1) is 18.7. The number of benzene rings is 1. The molecule has 0 saturated carbocycles. The van der Waals surface area contributed by atoms with Crippen molar-refractivity contribution >= 4 is 19.6 Å². The van der Waals surface area contributed by atoms with Gasteiger partial charge in [-0.15, -0.1) is 0 Å². The van der Waals surface area contributed by atoms with E-state index in [2.05, 4.69) is 3.76 Å². The number of carbonyl (C=O) groups is 1.